The van der Waals surface area contributed by atoms with Crippen molar-refractivity contribution in [3.8, 4) is 0 Å². The van der Waals surface area contributed by atoms with Crippen molar-refractivity contribution in [1.82, 2.24) is 9.80 Å². The highest BCUT2D eigenvalue weighted by molar-refractivity contribution is 6.31. The number of carbonyl (C=O) groups is 1. The predicted octanol–water partition coefficient (Wildman–Crippen LogP) is 4.52. The van der Waals surface area contributed by atoms with Gasteiger partial charge >= 0.3 is 0 Å². The second-order valence-electron chi connectivity index (χ2n) is 8.45. The minimum Gasteiger partial charge on any atom is -0.342 e. The van der Waals surface area contributed by atoms with Gasteiger partial charge in [0, 0.05) is 30.2 Å². The van der Waals surface area contributed by atoms with E-state index in [1.165, 1.54) is 12.8 Å². The Hall–Kier alpha value is -1.13. The third-order valence-electron chi connectivity index (χ3n) is 6.83. The molecule has 1 amide bonds. The summed E-state index contributed by atoms with van der Waals surface area (Å²) in [5.41, 5.74) is 0.504. The van der Waals surface area contributed by atoms with E-state index in [0.29, 0.717) is 29.5 Å². The first-order valence-corrected chi connectivity index (χ1v) is 10.3. The molecule has 1 aliphatic carbocycles. The zero-order chi connectivity index (χ0) is 18.3. The number of hydrogen-bond acceptors (Lipinski definition) is 2. The van der Waals surface area contributed by atoms with Crippen LogP contribution in [0.4, 0.5) is 4.39 Å². The molecule has 0 N–H and O–H groups in total. The highest BCUT2D eigenvalue weighted by Gasteiger charge is 2.50. The molecule has 4 rings (SSSR count). The summed E-state index contributed by atoms with van der Waals surface area (Å²) in [4.78, 5) is 15.5. The molecule has 0 bridgehead atoms. The second kappa shape index (κ2) is 7.12. The van der Waals surface area contributed by atoms with Crippen LogP contribution in [-0.2, 0) is 17.0 Å². The molecule has 2 heterocycles. The van der Waals surface area contributed by atoms with Gasteiger partial charge in [-0.3, -0.25) is 9.69 Å². The van der Waals surface area contributed by atoms with Crippen LogP contribution in [0.3, 0.4) is 0 Å². The Kier molecular flexibility index (Phi) is 5.00. The molecule has 0 radical (unpaired) electrons. The van der Waals surface area contributed by atoms with Gasteiger partial charge in [-0.05, 0) is 75.1 Å². The summed E-state index contributed by atoms with van der Waals surface area (Å²) < 4.78 is 15.4. The van der Waals surface area contributed by atoms with Gasteiger partial charge in [-0.25, -0.2) is 4.39 Å². The zero-order valence-corrected chi connectivity index (χ0v) is 16.2. The highest BCUT2D eigenvalue weighted by atomic mass is 35.5. The molecule has 2 atom stereocenters. The van der Waals surface area contributed by atoms with Gasteiger partial charge in [-0.1, -0.05) is 23.7 Å². The van der Waals surface area contributed by atoms with E-state index in [4.69, 9.17) is 11.6 Å². The molecule has 1 aromatic carbocycles. The first-order valence-electron chi connectivity index (χ1n) is 9.93. The van der Waals surface area contributed by atoms with Crippen molar-refractivity contribution in [2.24, 2.45) is 5.92 Å². The molecule has 3 fully saturated rings. The maximum Gasteiger partial charge on any atom is 0.209 e. The van der Waals surface area contributed by atoms with E-state index in [1.807, 2.05) is 23.1 Å². The van der Waals surface area contributed by atoms with E-state index in [-0.39, 0.29) is 12.0 Å². The average Bonchev–Trinajstić information content (AvgIpc) is 3.22. The summed E-state index contributed by atoms with van der Waals surface area (Å²) in [5, 5.41) is 0.678. The Morgan fingerprint density at radius 1 is 1.27 bits per heavy atom. The number of benzene rings is 1. The summed E-state index contributed by atoms with van der Waals surface area (Å²) >= 11 is 6.50. The SMILES string of the molecule is C[C@@H]1CCCN1Cc1ccc(C2(F)CC(C3CCCN3C=O)C2)cc1Cl. The number of halogens is 2. The fraction of sp³-hybridized carbons (Fsp3) is 0.667. The lowest BCUT2D eigenvalue weighted by atomic mass is 9.65. The molecule has 3 aliphatic rings. The van der Waals surface area contributed by atoms with Gasteiger partial charge in [-0.2, -0.15) is 0 Å². The van der Waals surface area contributed by atoms with Crippen molar-refractivity contribution in [2.45, 2.75) is 69.7 Å². The van der Waals surface area contributed by atoms with E-state index in [1.54, 1.807) is 0 Å². The molecule has 3 nitrogen and oxygen atoms in total. The topological polar surface area (TPSA) is 23.6 Å². The lowest BCUT2D eigenvalue weighted by molar-refractivity contribution is -0.122. The van der Waals surface area contributed by atoms with Crippen molar-refractivity contribution in [2.75, 3.05) is 13.1 Å². The Bertz CT molecular complexity index is 676. The Morgan fingerprint density at radius 3 is 2.69 bits per heavy atom. The van der Waals surface area contributed by atoms with Crippen LogP contribution in [0.5, 0.6) is 0 Å². The van der Waals surface area contributed by atoms with Crippen molar-refractivity contribution in [3.05, 3.63) is 34.3 Å². The number of carbonyl (C=O) groups excluding carboxylic acids is 1. The van der Waals surface area contributed by atoms with Crippen LogP contribution in [0.25, 0.3) is 0 Å². The van der Waals surface area contributed by atoms with Crippen molar-refractivity contribution < 1.29 is 9.18 Å². The Balaban J connectivity index is 1.42. The van der Waals surface area contributed by atoms with Crippen LogP contribution >= 0.6 is 11.6 Å². The van der Waals surface area contributed by atoms with E-state index < -0.39 is 5.67 Å². The minimum atomic E-state index is -1.29. The van der Waals surface area contributed by atoms with E-state index >= 15 is 4.39 Å². The quantitative estimate of drug-likeness (QED) is 0.703. The largest absolute Gasteiger partial charge is 0.342 e. The van der Waals surface area contributed by atoms with Gasteiger partial charge in [0.15, 0.2) is 0 Å². The Morgan fingerprint density at radius 2 is 2.04 bits per heavy atom. The lowest BCUT2D eigenvalue weighted by Crippen LogP contribution is -2.47. The Labute approximate surface area is 160 Å². The number of alkyl halides is 1. The first-order chi connectivity index (χ1) is 12.5. The molecule has 2 saturated heterocycles. The van der Waals surface area contributed by atoms with Gasteiger partial charge in [0.25, 0.3) is 0 Å². The average molecular weight is 379 g/mol. The molecule has 0 spiro atoms. The van der Waals surface area contributed by atoms with Crippen LogP contribution in [0.15, 0.2) is 18.2 Å². The van der Waals surface area contributed by atoms with Gasteiger partial charge in [0.1, 0.15) is 5.67 Å². The van der Waals surface area contributed by atoms with Crippen LogP contribution in [0.2, 0.25) is 5.02 Å². The number of nitrogens with zero attached hydrogens (tertiary/aromatic N) is 2. The minimum absolute atomic E-state index is 0.225. The molecule has 1 saturated carbocycles. The normalized spacial score (nSPS) is 34.9. The van der Waals surface area contributed by atoms with Crippen LogP contribution < -0.4 is 0 Å². The van der Waals surface area contributed by atoms with Crippen molar-refractivity contribution >= 4 is 18.0 Å². The first kappa shape index (κ1) is 18.2. The molecule has 2 aliphatic heterocycles. The fourth-order valence-electron chi connectivity index (χ4n) is 5.13. The second-order valence-corrected chi connectivity index (χ2v) is 8.86. The number of amides is 1. The predicted molar refractivity (Wildman–Crippen MR) is 102 cm³/mol. The smallest absolute Gasteiger partial charge is 0.209 e. The van der Waals surface area contributed by atoms with E-state index in [9.17, 15) is 4.79 Å². The summed E-state index contributed by atoms with van der Waals surface area (Å²) in [6.45, 7) is 5.03. The molecule has 1 aromatic rings. The molecule has 5 heteroatoms. The van der Waals surface area contributed by atoms with Gasteiger partial charge in [-0.15, -0.1) is 0 Å². The molecule has 1 unspecified atom stereocenters. The van der Waals surface area contributed by atoms with Crippen LogP contribution in [-0.4, -0.2) is 41.4 Å². The third kappa shape index (κ3) is 3.27. The van der Waals surface area contributed by atoms with Crippen molar-refractivity contribution in [1.29, 1.82) is 0 Å². The number of rotatable bonds is 5. The van der Waals surface area contributed by atoms with Crippen molar-refractivity contribution in [3.63, 3.8) is 0 Å². The molecule has 0 aromatic heterocycles. The molecular formula is C21H28ClFN2O. The summed E-state index contributed by atoms with van der Waals surface area (Å²) in [5.74, 6) is 0.275. The zero-order valence-electron chi connectivity index (χ0n) is 15.5. The maximum atomic E-state index is 15.4. The monoisotopic (exact) mass is 378 g/mol. The summed E-state index contributed by atoms with van der Waals surface area (Å²) in [6.07, 6.45) is 6.46. The number of hydrogen-bond donors (Lipinski definition) is 0. The summed E-state index contributed by atoms with van der Waals surface area (Å²) in [7, 11) is 0. The van der Waals surface area contributed by atoms with Gasteiger partial charge in [0.2, 0.25) is 6.41 Å². The van der Waals surface area contributed by atoms with E-state index in [2.05, 4.69) is 11.8 Å². The van der Waals surface area contributed by atoms with Gasteiger partial charge < -0.3 is 4.90 Å². The number of likely N-dealkylation sites (tertiary alicyclic amines) is 2. The summed E-state index contributed by atoms with van der Waals surface area (Å²) in [6, 6.07) is 6.58. The fourth-order valence-corrected chi connectivity index (χ4v) is 5.37. The van der Waals surface area contributed by atoms with E-state index in [0.717, 1.165) is 44.4 Å². The molecule has 26 heavy (non-hydrogen) atoms. The molecular weight excluding hydrogens is 351 g/mol. The lowest BCUT2D eigenvalue weighted by Gasteiger charge is -2.46. The molecule has 142 valence electrons. The standard InChI is InChI=1S/C21H28ClFN2O/c1-15-4-2-8-24(15)13-16-6-7-18(10-19(16)22)21(23)11-17(12-21)20-5-3-9-25(20)14-26/h6-7,10,14-15,17,20H,2-5,8-9,11-13H2,1H3/t15-,17?,20?,21?/m1/s1. The highest BCUT2D eigenvalue weighted by Crippen LogP contribution is 2.52. The maximum absolute atomic E-state index is 15.4. The van der Waals surface area contributed by atoms with Gasteiger partial charge in [0.05, 0.1) is 0 Å². The van der Waals surface area contributed by atoms with Crippen LogP contribution in [0, 0.1) is 5.92 Å². The third-order valence-corrected chi connectivity index (χ3v) is 7.18. The van der Waals surface area contributed by atoms with Crippen LogP contribution in [0.1, 0.15) is 56.6 Å².